The fourth-order valence-corrected chi connectivity index (χ4v) is 4.48. The van der Waals surface area contributed by atoms with Crippen LogP contribution in [0.15, 0.2) is 48.4 Å². The van der Waals surface area contributed by atoms with Crippen molar-refractivity contribution in [3.8, 4) is 0 Å². The van der Waals surface area contributed by atoms with Crippen molar-refractivity contribution in [3.63, 3.8) is 0 Å². The van der Waals surface area contributed by atoms with E-state index in [4.69, 9.17) is 0 Å². The summed E-state index contributed by atoms with van der Waals surface area (Å²) in [4.78, 5) is 19.6. The van der Waals surface area contributed by atoms with Crippen molar-refractivity contribution in [1.82, 2.24) is 19.9 Å². The average Bonchev–Trinajstić information content (AvgIpc) is 3.17. The number of nitrogens with one attached hydrogen (secondary N) is 1. The van der Waals surface area contributed by atoms with Crippen LogP contribution >= 0.6 is 22.7 Å². The molecule has 110 valence electrons. The van der Waals surface area contributed by atoms with Crippen LogP contribution in [0.25, 0.3) is 30.6 Å². The molecule has 0 aliphatic heterocycles. The zero-order valence-corrected chi connectivity index (χ0v) is 13.4. The van der Waals surface area contributed by atoms with E-state index in [0.717, 1.165) is 42.2 Å². The van der Waals surface area contributed by atoms with Crippen molar-refractivity contribution in [2.75, 3.05) is 5.32 Å². The minimum absolute atomic E-state index is 0.807. The molecule has 5 rings (SSSR count). The van der Waals surface area contributed by atoms with Crippen LogP contribution < -0.4 is 5.32 Å². The number of pyridine rings is 2. The minimum atomic E-state index is 0.807. The maximum atomic E-state index is 4.43. The molecule has 5 nitrogen and oxygen atoms in total. The van der Waals surface area contributed by atoms with Crippen molar-refractivity contribution in [1.29, 1.82) is 0 Å². The standard InChI is InChI=1S/C16H9N5S2/c1-3-9-11(7-22-15(9)17-5-1)21-14-13-12(19-8-20-14)10-4-2-6-18-16(10)23-13/h1-8H,(H,19,20,21). The van der Waals surface area contributed by atoms with Crippen LogP contribution in [0.2, 0.25) is 0 Å². The van der Waals surface area contributed by atoms with Gasteiger partial charge in [0.2, 0.25) is 0 Å². The number of nitrogens with zero attached hydrogens (tertiary/aromatic N) is 4. The number of thiophene rings is 2. The lowest BCUT2D eigenvalue weighted by molar-refractivity contribution is 1.23. The molecular formula is C16H9N5S2. The molecule has 0 amide bonds. The van der Waals surface area contributed by atoms with Crippen LogP contribution in [-0.4, -0.2) is 19.9 Å². The molecule has 0 saturated heterocycles. The molecule has 0 spiro atoms. The van der Waals surface area contributed by atoms with E-state index in [1.165, 1.54) is 0 Å². The lowest BCUT2D eigenvalue weighted by atomic mass is 10.3. The largest absolute Gasteiger partial charge is 0.338 e. The van der Waals surface area contributed by atoms with Crippen molar-refractivity contribution in [2.45, 2.75) is 0 Å². The van der Waals surface area contributed by atoms with Gasteiger partial charge in [-0.2, -0.15) is 0 Å². The van der Waals surface area contributed by atoms with Gasteiger partial charge in [-0.15, -0.1) is 22.7 Å². The average molecular weight is 335 g/mol. The van der Waals surface area contributed by atoms with E-state index >= 15 is 0 Å². The Hall–Kier alpha value is -2.64. The predicted octanol–water partition coefficient (Wildman–Crippen LogP) is 4.59. The first-order valence-electron chi connectivity index (χ1n) is 6.97. The van der Waals surface area contributed by atoms with Gasteiger partial charge < -0.3 is 5.32 Å². The van der Waals surface area contributed by atoms with Gasteiger partial charge in [-0.3, -0.25) is 0 Å². The SMILES string of the molecule is c1cnc2scc(Nc3ncnc4c3sc3ncccc34)c2c1. The normalized spacial score (nSPS) is 11.5. The summed E-state index contributed by atoms with van der Waals surface area (Å²) in [5, 5.41) is 7.66. The highest BCUT2D eigenvalue weighted by Gasteiger charge is 2.13. The van der Waals surface area contributed by atoms with Crippen molar-refractivity contribution in [2.24, 2.45) is 0 Å². The third-order valence-corrected chi connectivity index (χ3v) is 5.64. The van der Waals surface area contributed by atoms with E-state index in [-0.39, 0.29) is 0 Å². The Morgan fingerprint density at radius 1 is 0.870 bits per heavy atom. The fraction of sp³-hybridized carbons (Fsp3) is 0. The van der Waals surface area contributed by atoms with E-state index in [9.17, 15) is 0 Å². The molecule has 1 N–H and O–H groups in total. The van der Waals surface area contributed by atoms with Crippen molar-refractivity contribution < 1.29 is 0 Å². The summed E-state index contributed by atoms with van der Waals surface area (Å²) in [6.07, 6.45) is 5.20. The second-order valence-corrected chi connectivity index (χ2v) is 6.85. The molecule has 0 fully saturated rings. The number of hydrogen-bond acceptors (Lipinski definition) is 7. The molecule has 0 unspecified atom stereocenters. The summed E-state index contributed by atoms with van der Waals surface area (Å²) < 4.78 is 1.02. The first-order chi connectivity index (χ1) is 11.4. The van der Waals surface area contributed by atoms with Gasteiger partial charge in [0.05, 0.1) is 15.9 Å². The highest BCUT2D eigenvalue weighted by molar-refractivity contribution is 7.26. The summed E-state index contributed by atoms with van der Waals surface area (Å²) in [6.45, 7) is 0. The Bertz CT molecular complexity index is 1160. The van der Waals surface area contributed by atoms with Gasteiger partial charge in [0.15, 0.2) is 5.82 Å². The zero-order chi connectivity index (χ0) is 15.2. The highest BCUT2D eigenvalue weighted by atomic mass is 32.1. The Morgan fingerprint density at radius 2 is 1.70 bits per heavy atom. The topological polar surface area (TPSA) is 63.6 Å². The molecule has 23 heavy (non-hydrogen) atoms. The minimum Gasteiger partial charge on any atom is -0.338 e. The molecule has 5 aromatic heterocycles. The third-order valence-electron chi connectivity index (χ3n) is 3.63. The molecule has 0 bridgehead atoms. The zero-order valence-electron chi connectivity index (χ0n) is 11.7. The highest BCUT2D eigenvalue weighted by Crippen LogP contribution is 2.37. The van der Waals surface area contributed by atoms with Gasteiger partial charge in [0, 0.05) is 28.5 Å². The van der Waals surface area contributed by atoms with Gasteiger partial charge in [-0.25, -0.2) is 19.9 Å². The molecule has 0 aliphatic rings. The summed E-state index contributed by atoms with van der Waals surface area (Å²) in [7, 11) is 0. The van der Waals surface area contributed by atoms with E-state index < -0.39 is 0 Å². The number of aromatic nitrogens is 4. The molecule has 0 atom stereocenters. The van der Waals surface area contributed by atoms with E-state index in [1.54, 1.807) is 35.2 Å². The van der Waals surface area contributed by atoms with Crippen LogP contribution in [0.4, 0.5) is 11.5 Å². The monoisotopic (exact) mass is 335 g/mol. The molecule has 0 aromatic carbocycles. The summed E-state index contributed by atoms with van der Waals surface area (Å²) in [6, 6.07) is 7.98. The first-order valence-corrected chi connectivity index (χ1v) is 8.67. The maximum Gasteiger partial charge on any atom is 0.151 e. The van der Waals surface area contributed by atoms with Crippen molar-refractivity contribution in [3.05, 3.63) is 48.4 Å². The Labute approximate surface area is 138 Å². The fourth-order valence-electron chi connectivity index (χ4n) is 2.59. The molecule has 5 heterocycles. The summed E-state index contributed by atoms with van der Waals surface area (Å²) in [5.41, 5.74) is 1.96. The third kappa shape index (κ3) is 1.97. The second kappa shape index (κ2) is 4.94. The second-order valence-electron chi connectivity index (χ2n) is 4.99. The lowest BCUT2D eigenvalue weighted by Crippen LogP contribution is -1.93. The Kier molecular flexibility index (Phi) is 2.76. The van der Waals surface area contributed by atoms with Gasteiger partial charge >= 0.3 is 0 Å². The number of rotatable bonds is 2. The first kappa shape index (κ1) is 12.9. The van der Waals surface area contributed by atoms with Crippen LogP contribution in [0.1, 0.15) is 0 Å². The van der Waals surface area contributed by atoms with Crippen LogP contribution in [0, 0.1) is 0 Å². The summed E-state index contributed by atoms with van der Waals surface area (Å²) >= 11 is 3.22. The molecule has 0 aliphatic carbocycles. The quantitative estimate of drug-likeness (QED) is 0.511. The van der Waals surface area contributed by atoms with Gasteiger partial charge in [-0.1, -0.05) is 0 Å². The number of fused-ring (bicyclic) bond motifs is 4. The van der Waals surface area contributed by atoms with E-state index in [1.807, 2.05) is 24.4 Å². The molecule has 5 aromatic rings. The van der Waals surface area contributed by atoms with Crippen molar-refractivity contribution >= 4 is 64.8 Å². The molecule has 7 heteroatoms. The maximum absolute atomic E-state index is 4.43. The van der Waals surface area contributed by atoms with Gasteiger partial charge in [-0.05, 0) is 24.3 Å². The number of hydrogen-bond donors (Lipinski definition) is 1. The van der Waals surface area contributed by atoms with E-state index in [2.05, 4.69) is 36.7 Å². The molecule has 0 radical (unpaired) electrons. The molecular weight excluding hydrogens is 326 g/mol. The van der Waals surface area contributed by atoms with Gasteiger partial charge in [0.25, 0.3) is 0 Å². The Morgan fingerprint density at radius 3 is 2.61 bits per heavy atom. The number of anilines is 2. The predicted molar refractivity (Wildman–Crippen MR) is 95.6 cm³/mol. The lowest BCUT2D eigenvalue weighted by Gasteiger charge is -2.04. The smallest absolute Gasteiger partial charge is 0.151 e. The van der Waals surface area contributed by atoms with Crippen LogP contribution in [0.5, 0.6) is 0 Å². The summed E-state index contributed by atoms with van der Waals surface area (Å²) in [5.74, 6) is 0.807. The van der Waals surface area contributed by atoms with Crippen LogP contribution in [-0.2, 0) is 0 Å². The molecule has 0 saturated carbocycles. The van der Waals surface area contributed by atoms with Gasteiger partial charge in [0.1, 0.15) is 16.0 Å². The Balaban J connectivity index is 1.71. The van der Waals surface area contributed by atoms with E-state index in [0.29, 0.717) is 0 Å². The van der Waals surface area contributed by atoms with Crippen LogP contribution in [0.3, 0.4) is 0 Å².